The van der Waals surface area contributed by atoms with E-state index in [9.17, 15) is 14.7 Å². The van der Waals surface area contributed by atoms with E-state index in [4.69, 9.17) is 0 Å². The monoisotopic (exact) mass is 525 g/mol. The van der Waals surface area contributed by atoms with Gasteiger partial charge < -0.3 is 10.0 Å². The number of nitrogens with zero attached hydrogens (tertiary/aromatic N) is 1. The average molecular weight is 527 g/mol. The number of halogens is 2. The number of carbonyl (C=O) groups is 2. The third-order valence-corrected chi connectivity index (χ3v) is 8.21. The van der Waals surface area contributed by atoms with Crippen molar-refractivity contribution in [3.05, 3.63) is 62.5 Å². The van der Waals surface area contributed by atoms with Crippen molar-refractivity contribution in [1.29, 1.82) is 0 Å². The lowest BCUT2D eigenvalue weighted by molar-refractivity contribution is -0.140. The average Bonchev–Trinajstić information content (AvgIpc) is 2.93. The molecular formula is C21H21Br2NO3S. The Labute approximate surface area is 186 Å². The number of hydrogen-bond acceptors (Lipinski definition) is 3. The van der Waals surface area contributed by atoms with Crippen molar-refractivity contribution < 1.29 is 14.7 Å². The highest BCUT2D eigenvalue weighted by molar-refractivity contribution is 9.13. The molecule has 0 spiro atoms. The SMILES string of the molecule is Cc1ccc(S[C@]2(C(=O)O)CC(=O)N(C(C)C)[C@@H]2c2ccc(Br)c(Br)c2)cc1. The fraction of sp³-hybridized carbons (Fsp3) is 0.333. The maximum absolute atomic E-state index is 12.9. The maximum atomic E-state index is 12.9. The number of rotatable bonds is 5. The zero-order valence-corrected chi connectivity index (χ0v) is 19.8. The summed E-state index contributed by atoms with van der Waals surface area (Å²) in [4.78, 5) is 28.1. The van der Waals surface area contributed by atoms with Gasteiger partial charge in [-0.25, -0.2) is 0 Å². The molecule has 0 unspecified atom stereocenters. The summed E-state index contributed by atoms with van der Waals surface area (Å²) >= 11 is 8.24. The fourth-order valence-electron chi connectivity index (χ4n) is 3.62. The number of likely N-dealkylation sites (tertiary alicyclic amines) is 1. The Balaban J connectivity index is 2.16. The normalized spacial score (nSPS) is 22.1. The van der Waals surface area contributed by atoms with E-state index in [1.807, 2.05) is 63.2 Å². The molecule has 0 bridgehead atoms. The molecular weight excluding hydrogens is 506 g/mol. The molecule has 28 heavy (non-hydrogen) atoms. The van der Waals surface area contributed by atoms with Crippen LogP contribution in [-0.4, -0.2) is 32.7 Å². The lowest BCUT2D eigenvalue weighted by Gasteiger charge is -2.36. The van der Waals surface area contributed by atoms with Gasteiger partial charge in [-0.05, 0) is 82.5 Å². The van der Waals surface area contributed by atoms with Gasteiger partial charge >= 0.3 is 5.97 Å². The number of hydrogen-bond donors (Lipinski definition) is 1. The van der Waals surface area contributed by atoms with Crippen LogP contribution in [-0.2, 0) is 9.59 Å². The summed E-state index contributed by atoms with van der Waals surface area (Å²) in [5, 5.41) is 10.3. The van der Waals surface area contributed by atoms with E-state index in [1.165, 1.54) is 11.8 Å². The van der Waals surface area contributed by atoms with Crippen molar-refractivity contribution in [2.75, 3.05) is 0 Å². The summed E-state index contributed by atoms with van der Waals surface area (Å²) in [6, 6.07) is 12.7. The summed E-state index contributed by atoms with van der Waals surface area (Å²) in [5.41, 5.74) is 1.91. The first-order valence-electron chi connectivity index (χ1n) is 8.91. The Morgan fingerprint density at radius 2 is 1.82 bits per heavy atom. The van der Waals surface area contributed by atoms with Gasteiger partial charge in [-0.15, -0.1) is 11.8 Å². The highest BCUT2D eigenvalue weighted by atomic mass is 79.9. The number of thioether (sulfide) groups is 1. The zero-order valence-electron chi connectivity index (χ0n) is 15.8. The predicted octanol–water partition coefficient (Wildman–Crippen LogP) is 5.82. The van der Waals surface area contributed by atoms with E-state index in [0.29, 0.717) is 0 Å². The lowest BCUT2D eigenvalue weighted by atomic mass is 9.92. The van der Waals surface area contributed by atoms with Gasteiger partial charge in [0.1, 0.15) is 0 Å². The van der Waals surface area contributed by atoms with Gasteiger partial charge in [-0.1, -0.05) is 23.8 Å². The van der Waals surface area contributed by atoms with Crippen LogP contribution < -0.4 is 0 Å². The second-order valence-corrected chi connectivity index (χ2v) is 10.4. The van der Waals surface area contributed by atoms with Crippen molar-refractivity contribution in [1.82, 2.24) is 4.90 Å². The van der Waals surface area contributed by atoms with E-state index < -0.39 is 16.8 Å². The Bertz CT molecular complexity index is 916. The van der Waals surface area contributed by atoms with Gasteiger partial charge in [-0.2, -0.15) is 0 Å². The molecule has 2 aromatic carbocycles. The Morgan fingerprint density at radius 1 is 1.18 bits per heavy atom. The van der Waals surface area contributed by atoms with E-state index in [2.05, 4.69) is 31.9 Å². The van der Waals surface area contributed by atoms with Gasteiger partial charge in [0.05, 0.1) is 12.5 Å². The Hall–Kier alpha value is -1.31. The van der Waals surface area contributed by atoms with Crippen LogP contribution in [0.5, 0.6) is 0 Å². The van der Waals surface area contributed by atoms with Gasteiger partial charge in [0.25, 0.3) is 0 Å². The molecule has 0 aliphatic carbocycles. The fourth-order valence-corrected chi connectivity index (χ4v) is 5.60. The van der Waals surface area contributed by atoms with Crippen LogP contribution in [0.1, 0.15) is 37.4 Å². The molecule has 1 aliphatic rings. The summed E-state index contributed by atoms with van der Waals surface area (Å²) in [7, 11) is 0. The molecule has 1 heterocycles. The van der Waals surface area contributed by atoms with Crippen LogP contribution in [0.25, 0.3) is 0 Å². The molecule has 1 saturated heterocycles. The molecule has 2 aromatic rings. The number of benzene rings is 2. The van der Waals surface area contributed by atoms with Crippen molar-refractivity contribution >= 4 is 55.5 Å². The van der Waals surface area contributed by atoms with Crippen LogP contribution in [0.3, 0.4) is 0 Å². The number of carboxylic acids is 1. The molecule has 1 N–H and O–H groups in total. The molecule has 4 nitrogen and oxygen atoms in total. The zero-order chi connectivity index (χ0) is 20.6. The summed E-state index contributed by atoms with van der Waals surface area (Å²) in [5.74, 6) is -1.11. The number of aliphatic carboxylic acids is 1. The van der Waals surface area contributed by atoms with Crippen LogP contribution >= 0.6 is 43.6 Å². The molecule has 7 heteroatoms. The number of aryl methyl sites for hydroxylation is 1. The van der Waals surface area contributed by atoms with Gasteiger partial charge in [0.15, 0.2) is 4.75 Å². The molecule has 0 saturated carbocycles. The smallest absolute Gasteiger partial charge is 0.323 e. The van der Waals surface area contributed by atoms with Crippen LogP contribution in [0, 0.1) is 6.92 Å². The number of carboxylic acid groups (broad SMARTS) is 1. The van der Waals surface area contributed by atoms with Crippen molar-refractivity contribution in [2.45, 2.75) is 48.9 Å². The topological polar surface area (TPSA) is 57.6 Å². The molecule has 1 aliphatic heterocycles. The molecule has 148 valence electrons. The Morgan fingerprint density at radius 3 is 2.36 bits per heavy atom. The lowest BCUT2D eigenvalue weighted by Crippen LogP contribution is -2.43. The minimum atomic E-state index is -1.30. The molecule has 3 rings (SSSR count). The van der Waals surface area contributed by atoms with Crippen molar-refractivity contribution in [3.63, 3.8) is 0 Å². The first-order valence-corrected chi connectivity index (χ1v) is 11.3. The second kappa shape index (κ2) is 8.20. The Kier molecular flexibility index (Phi) is 6.27. The van der Waals surface area contributed by atoms with Crippen LogP contribution in [0.15, 0.2) is 56.3 Å². The first kappa shape index (κ1) is 21.4. The highest BCUT2D eigenvalue weighted by Gasteiger charge is 2.59. The third kappa shape index (κ3) is 3.89. The number of carbonyl (C=O) groups excluding carboxylic acids is 1. The van der Waals surface area contributed by atoms with Gasteiger partial charge in [-0.3, -0.25) is 9.59 Å². The van der Waals surface area contributed by atoms with Crippen LogP contribution in [0.2, 0.25) is 0 Å². The molecule has 2 atom stereocenters. The summed E-state index contributed by atoms with van der Waals surface area (Å²) < 4.78 is 0.403. The van der Waals surface area contributed by atoms with Gasteiger partial charge in [0.2, 0.25) is 5.91 Å². The third-order valence-electron chi connectivity index (χ3n) is 4.92. The van der Waals surface area contributed by atoms with E-state index in [1.54, 1.807) is 4.90 Å². The summed E-state index contributed by atoms with van der Waals surface area (Å²) in [6.07, 6.45) is -0.0442. The first-order chi connectivity index (χ1) is 13.2. The van der Waals surface area contributed by atoms with Crippen molar-refractivity contribution in [2.24, 2.45) is 0 Å². The number of amides is 1. The van der Waals surface area contributed by atoms with E-state index in [-0.39, 0.29) is 18.4 Å². The molecule has 1 fully saturated rings. The highest BCUT2D eigenvalue weighted by Crippen LogP contribution is 2.53. The van der Waals surface area contributed by atoms with E-state index >= 15 is 0 Å². The molecule has 0 radical (unpaired) electrons. The predicted molar refractivity (Wildman–Crippen MR) is 119 cm³/mol. The molecule has 1 amide bonds. The standard InChI is InChI=1S/C21H21Br2NO3S/c1-12(2)24-18(25)11-21(20(26)27,28-15-7-4-13(3)5-8-15)19(24)14-6-9-16(22)17(23)10-14/h4-10,12,19H,11H2,1-3H3,(H,26,27)/t19-,21-/m1/s1. The summed E-state index contributed by atoms with van der Waals surface area (Å²) in [6.45, 7) is 5.84. The minimum Gasteiger partial charge on any atom is -0.480 e. The quantitative estimate of drug-likeness (QED) is 0.533. The van der Waals surface area contributed by atoms with E-state index in [0.717, 1.165) is 25.0 Å². The molecule has 0 aromatic heterocycles. The largest absolute Gasteiger partial charge is 0.480 e. The van der Waals surface area contributed by atoms with Crippen molar-refractivity contribution in [3.8, 4) is 0 Å². The second-order valence-electron chi connectivity index (χ2n) is 7.26. The van der Waals surface area contributed by atoms with Crippen LogP contribution in [0.4, 0.5) is 0 Å². The van der Waals surface area contributed by atoms with Gasteiger partial charge in [0, 0.05) is 19.9 Å². The minimum absolute atomic E-state index is 0.0442. The maximum Gasteiger partial charge on any atom is 0.323 e.